The van der Waals surface area contributed by atoms with Crippen LogP contribution in [0.2, 0.25) is 0 Å². The van der Waals surface area contributed by atoms with Crippen LogP contribution in [0.5, 0.6) is 0 Å². The first-order chi connectivity index (χ1) is 9.76. The van der Waals surface area contributed by atoms with Crippen molar-refractivity contribution < 1.29 is 4.39 Å². The lowest BCUT2D eigenvalue weighted by molar-refractivity contribution is 0.586. The molecule has 0 saturated heterocycles. The Morgan fingerprint density at radius 3 is 2.90 bits per heavy atom. The van der Waals surface area contributed by atoms with E-state index in [2.05, 4.69) is 11.4 Å². The van der Waals surface area contributed by atoms with Gasteiger partial charge in [0.2, 0.25) is 0 Å². The molecule has 0 amide bonds. The van der Waals surface area contributed by atoms with Gasteiger partial charge in [-0.3, -0.25) is 0 Å². The van der Waals surface area contributed by atoms with Gasteiger partial charge in [-0.1, -0.05) is 6.07 Å². The third kappa shape index (κ3) is 2.89. The van der Waals surface area contributed by atoms with Crippen LogP contribution >= 0.6 is 0 Å². The highest BCUT2D eigenvalue weighted by Crippen LogP contribution is 2.20. The largest absolute Gasteiger partial charge is 0.346 e. The number of hydrogen-bond donors (Lipinski definition) is 1. The zero-order valence-electron chi connectivity index (χ0n) is 11.1. The molecule has 20 heavy (non-hydrogen) atoms. The van der Waals surface area contributed by atoms with Gasteiger partial charge in [-0.25, -0.2) is 4.39 Å². The minimum Gasteiger partial charge on any atom is -0.346 e. The first kappa shape index (κ1) is 12.9. The standard InChI is InChI=1S/C16H16FN3/c17-16-8-12(9-18)3-4-13(16)11-20-7-1-2-15(20)10-19-14-5-6-14/h1-4,7-8,14,19H,5-6,10-11H2. The Hall–Kier alpha value is -2.12. The molecular weight excluding hydrogens is 253 g/mol. The van der Waals surface area contributed by atoms with Crippen molar-refractivity contribution in [2.24, 2.45) is 0 Å². The van der Waals surface area contributed by atoms with Gasteiger partial charge in [0.25, 0.3) is 0 Å². The molecule has 1 aliphatic carbocycles. The molecule has 102 valence electrons. The van der Waals surface area contributed by atoms with Gasteiger partial charge in [0.15, 0.2) is 0 Å². The van der Waals surface area contributed by atoms with E-state index in [1.165, 1.54) is 18.9 Å². The van der Waals surface area contributed by atoms with Crippen molar-refractivity contribution in [2.75, 3.05) is 0 Å². The van der Waals surface area contributed by atoms with Gasteiger partial charge in [0.1, 0.15) is 5.82 Å². The third-order valence-corrected chi connectivity index (χ3v) is 3.60. The van der Waals surface area contributed by atoms with Crippen LogP contribution in [0.15, 0.2) is 36.5 Å². The van der Waals surface area contributed by atoms with Crippen molar-refractivity contribution >= 4 is 0 Å². The molecule has 1 fully saturated rings. The van der Waals surface area contributed by atoms with Gasteiger partial charge in [0.05, 0.1) is 18.2 Å². The van der Waals surface area contributed by atoms with Crippen LogP contribution in [-0.2, 0) is 13.1 Å². The zero-order valence-corrected chi connectivity index (χ0v) is 11.1. The van der Waals surface area contributed by atoms with Crippen LogP contribution in [0.4, 0.5) is 4.39 Å². The van der Waals surface area contributed by atoms with Crippen LogP contribution in [0.25, 0.3) is 0 Å². The summed E-state index contributed by atoms with van der Waals surface area (Å²) in [6, 6.07) is 11.3. The van der Waals surface area contributed by atoms with Crippen LogP contribution in [-0.4, -0.2) is 10.6 Å². The fraction of sp³-hybridized carbons (Fsp3) is 0.312. The minimum atomic E-state index is -0.321. The number of nitrogens with one attached hydrogen (secondary N) is 1. The van der Waals surface area contributed by atoms with E-state index in [9.17, 15) is 4.39 Å². The molecule has 1 aliphatic rings. The van der Waals surface area contributed by atoms with E-state index >= 15 is 0 Å². The molecule has 4 heteroatoms. The summed E-state index contributed by atoms with van der Waals surface area (Å²) in [5.41, 5.74) is 2.11. The topological polar surface area (TPSA) is 40.8 Å². The molecule has 0 spiro atoms. The summed E-state index contributed by atoms with van der Waals surface area (Å²) in [6.45, 7) is 1.31. The number of halogens is 1. The Morgan fingerprint density at radius 1 is 1.35 bits per heavy atom. The highest BCUT2D eigenvalue weighted by molar-refractivity contribution is 5.33. The molecule has 2 aromatic rings. The van der Waals surface area contributed by atoms with Crippen molar-refractivity contribution in [3.8, 4) is 6.07 Å². The average molecular weight is 269 g/mol. The fourth-order valence-corrected chi connectivity index (χ4v) is 2.23. The summed E-state index contributed by atoms with van der Waals surface area (Å²) in [7, 11) is 0. The summed E-state index contributed by atoms with van der Waals surface area (Å²) in [6.07, 6.45) is 4.47. The Balaban J connectivity index is 1.73. The molecule has 0 radical (unpaired) electrons. The fourth-order valence-electron chi connectivity index (χ4n) is 2.23. The molecule has 1 aromatic heterocycles. The second-order valence-electron chi connectivity index (χ2n) is 5.20. The lowest BCUT2D eigenvalue weighted by Crippen LogP contribution is -2.18. The van der Waals surface area contributed by atoms with Crippen LogP contribution in [0, 0.1) is 17.1 Å². The molecule has 0 atom stereocenters. The van der Waals surface area contributed by atoms with Gasteiger partial charge in [-0.2, -0.15) is 5.26 Å². The minimum absolute atomic E-state index is 0.321. The van der Waals surface area contributed by atoms with Gasteiger partial charge >= 0.3 is 0 Å². The highest BCUT2D eigenvalue weighted by Gasteiger charge is 2.20. The van der Waals surface area contributed by atoms with E-state index in [1.54, 1.807) is 12.1 Å². The SMILES string of the molecule is N#Cc1ccc(Cn2cccc2CNC2CC2)c(F)c1. The molecular formula is C16H16FN3. The maximum atomic E-state index is 13.9. The first-order valence-corrected chi connectivity index (χ1v) is 6.82. The quantitative estimate of drug-likeness (QED) is 0.906. The average Bonchev–Trinajstić information content (AvgIpc) is 3.18. The smallest absolute Gasteiger partial charge is 0.129 e. The van der Waals surface area contributed by atoms with E-state index < -0.39 is 0 Å². The van der Waals surface area contributed by atoms with Gasteiger partial charge < -0.3 is 9.88 Å². The molecule has 0 bridgehead atoms. The summed E-state index contributed by atoms with van der Waals surface area (Å²) in [5.74, 6) is -0.321. The number of rotatable bonds is 5. The lowest BCUT2D eigenvalue weighted by atomic mass is 10.1. The van der Waals surface area contributed by atoms with Crippen LogP contribution in [0.3, 0.4) is 0 Å². The van der Waals surface area contributed by atoms with Crippen molar-refractivity contribution in [1.82, 2.24) is 9.88 Å². The predicted molar refractivity (Wildman–Crippen MR) is 74.5 cm³/mol. The first-order valence-electron chi connectivity index (χ1n) is 6.82. The normalized spacial score (nSPS) is 14.2. The molecule has 1 heterocycles. The van der Waals surface area contributed by atoms with Crippen LogP contribution < -0.4 is 5.32 Å². The number of nitriles is 1. The third-order valence-electron chi connectivity index (χ3n) is 3.60. The lowest BCUT2D eigenvalue weighted by Gasteiger charge is -2.11. The number of hydrogen-bond acceptors (Lipinski definition) is 2. The molecule has 0 unspecified atom stereocenters. The van der Waals surface area contributed by atoms with E-state index in [4.69, 9.17) is 5.26 Å². The highest BCUT2D eigenvalue weighted by atomic mass is 19.1. The molecule has 3 rings (SSSR count). The summed E-state index contributed by atoms with van der Waals surface area (Å²) < 4.78 is 15.9. The maximum Gasteiger partial charge on any atom is 0.129 e. The zero-order chi connectivity index (χ0) is 13.9. The molecule has 3 nitrogen and oxygen atoms in total. The number of aromatic nitrogens is 1. The number of benzene rings is 1. The Bertz CT molecular complexity index is 650. The van der Waals surface area contributed by atoms with Crippen molar-refractivity contribution in [3.63, 3.8) is 0 Å². The second-order valence-corrected chi connectivity index (χ2v) is 5.20. The van der Waals surface area contributed by atoms with Gasteiger partial charge in [-0.15, -0.1) is 0 Å². The molecule has 0 aliphatic heterocycles. The van der Waals surface area contributed by atoms with Gasteiger partial charge in [0, 0.05) is 30.0 Å². The Kier molecular flexibility index (Phi) is 3.53. The van der Waals surface area contributed by atoms with Crippen molar-refractivity contribution in [2.45, 2.75) is 32.0 Å². The van der Waals surface area contributed by atoms with Crippen molar-refractivity contribution in [1.29, 1.82) is 5.26 Å². The van der Waals surface area contributed by atoms with Crippen LogP contribution in [0.1, 0.15) is 29.7 Å². The van der Waals surface area contributed by atoms with E-state index in [1.807, 2.05) is 22.9 Å². The monoisotopic (exact) mass is 269 g/mol. The van der Waals surface area contributed by atoms with E-state index in [-0.39, 0.29) is 5.82 Å². The Labute approximate surface area is 117 Å². The molecule has 1 saturated carbocycles. The van der Waals surface area contributed by atoms with E-state index in [0.717, 1.165) is 12.2 Å². The van der Waals surface area contributed by atoms with Gasteiger partial charge in [-0.05, 0) is 37.1 Å². The van der Waals surface area contributed by atoms with Crippen molar-refractivity contribution in [3.05, 3.63) is 59.2 Å². The Morgan fingerprint density at radius 2 is 2.20 bits per heavy atom. The summed E-state index contributed by atoms with van der Waals surface area (Å²) in [5, 5.41) is 12.2. The number of nitrogens with zero attached hydrogens (tertiary/aromatic N) is 2. The summed E-state index contributed by atoms with van der Waals surface area (Å²) in [4.78, 5) is 0. The molecule has 1 N–H and O–H groups in total. The second kappa shape index (κ2) is 5.48. The predicted octanol–water partition coefficient (Wildman–Crippen LogP) is 2.80. The summed E-state index contributed by atoms with van der Waals surface area (Å²) >= 11 is 0. The molecule has 1 aromatic carbocycles. The maximum absolute atomic E-state index is 13.9. The van der Waals surface area contributed by atoms with E-state index in [0.29, 0.717) is 23.7 Å².